The Labute approximate surface area is 115 Å². The quantitative estimate of drug-likeness (QED) is 0.747. The number of alkyl halides is 3. The number of carboxylic acid groups (broad SMARTS) is 1. The van der Waals surface area contributed by atoms with E-state index in [9.17, 15) is 22.8 Å². The van der Waals surface area contributed by atoms with Crippen molar-refractivity contribution in [2.75, 3.05) is 5.32 Å². The molecule has 0 radical (unpaired) electrons. The number of benzene rings is 1. The normalized spacial score (nSPS) is 11.0. The lowest BCUT2D eigenvalue weighted by Gasteiger charge is -2.09. The molecule has 0 bridgehead atoms. The Morgan fingerprint density at radius 2 is 1.95 bits per heavy atom. The maximum atomic E-state index is 12.1. The minimum absolute atomic E-state index is 0.0215. The summed E-state index contributed by atoms with van der Waals surface area (Å²) in [6, 6.07) is 3.44. The number of hydrogen-bond donors (Lipinski definition) is 3. The van der Waals surface area contributed by atoms with Gasteiger partial charge < -0.3 is 15.8 Å². The molecule has 0 saturated heterocycles. The molecular formula is C11H8ClF3N2O3. The fraction of sp³-hybridized carbons (Fsp3) is 0.182. The predicted molar refractivity (Wildman–Crippen MR) is 65.4 cm³/mol. The summed E-state index contributed by atoms with van der Waals surface area (Å²) in [6.45, 7) is 0. The van der Waals surface area contributed by atoms with Crippen molar-refractivity contribution in [1.29, 1.82) is 5.41 Å². The summed E-state index contributed by atoms with van der Waals surface area (Å²) >= 11 is 5.60. The lowest BCUT2D eigenvalue weighted by Crippen LogP contribution is -2.27. The van der Waals surface area contributed by atoms with Crippen molar-refractivity contribution >= 4 is 34.9 Å². The van der Waals surface area contributed by atoms with Gasteiger partial charge in [0.15, 0.2) is 0 Å². The average molecular weight is 309 g/mol. The molecule has 0 aliphatic rings. The first-order valence-corrected chi connectivity index (χ1v) is 5.46. The Morgan fingerprint density at radius 1 is 1.35 bits per heavy atom. The first kappa shape index (κ1) is 16.0. The van der Waals surface area contributed by atoms with E-state index < -0.39 is 30.2 Å². The van der Waals surface area contributed by atoms with E-state index in [-0.39, 0.29) is 16.3 Å². The van der Waals surface area contributed by atoms with E-state index >= 15 is 0 Å². The number of carbonyl (C=O) groups excluding carboxylic acids is 1. The number of anilines is 1. The van der Waals surface area contributed by atoms with Crippen LogP contribution >= 0.6 is 11.6 Å². The van der Waals surface area contributed by atoms with Gasteiger partial charge in [-0.1, -0.05) is 11.6 Å². The first-order chi connectivity index (χ1) is 9.11. The second kappa shape index (κ2) is 5.91. The Hall–Kier alpha value is -2.09. The maximum absolute atomic E-state index is 12.1. The van der Waals surface area contributed by atoms with Crippen LogP contribution in [0.3, 0.4) is 0 Å². The SMILES string of the molecule is N=C(CC(=O)Nc1ccc(Cl)c(C(=O)O)c1)C(F)(F)F. The highest BCUT2D eigenvalue weighted by Gasteiger charge is 2.35. The molecule has 0 unspecified atom stereocenters. The highest BCUT2D eigenvalue weighted by atomic mass is 35.5. The van der Waals surface area contributed by atoms with Gasteiger partial charge in [0.25, 0.3) is 0 Å². The summed E-state index contributed by atoms with van der Waals surface area (Å²) in [6.07, 6.45) is -6.03. The van der Waals surface area contributed by atoms with Crippen molar-refractivity contribution in [3.05, 3.63) is 28.8 Å². The second-order valence-corrected chi connectivity index (χ2v) is 4.11. The van der Waals surface area contributed by atoms with Crippen molar-refractivity contribution in [1.82, 2.24) is 0 Å². The van der Waals surface area contributed by atoms with E-state index in [1.165, 1.54) is 12.1 Å². The number of hydrogen-bond acceptors (Lipinski definition) is 3. The molecule has 0 spiro atoms. The number of halogens is 4. The molecule has 1 rings (SSSR count). The fourth-order valence-corrected chi connectivity index (χ4v) is 1.43. The number of amides is 1. The van der Waals surface area contributed by atoms with Crippen LogP contribution in [0.25, 0.3) is 0 Å². The van der Waals surface area contributed by atoms with Crippen molar-refractivity contribution < 1.29 is 27.9 Å². The van der Waals surface area contributed by atoms with E-state index in [0.29, 0.717) is 0 Å². The predicted octanol–water partition coefficient (Wildman–Crippen LogP) is 2.95. The van der Waals surface area contributed by atoms with Crippen LogP contribution in [0.2, 0.25) is 5.02 Å². The Morgan fingerprint density at radius 3 is 2.45 bits per heavy atom. The van der Waals surface area contributed by atoms with E-state index in [1.807, 2.05) is 0 Å². The number of aromatic carboxylic acids is 1. The molecule has 1 aromatic rings. The molecule has 108 valence electrons. The summed E-state index contributed by atoms with van der Waals surface area (Å²) in [7, 11) is 0. The van der Waals surface area contributed by atoms with Crippen LogP contribution in [0.4, 0.5) is 18.9 Å². The van der Waals surface area contributed by atoms with E-state index in [2.05, 4.69) is 5.32 Å². The minimum atomic E-state index is -4.87. The van der Waals surface area contributed by atoms with Gasteiger partial charge in [-0.3, -0.25) is 4.79 Å². The zero-order valence-corrected chi connectivity index (χ0v) is 10.5. The van der Waals surface area contributed by atoms with E-state index in [1.54, 1.807) is 0 Å². The largest absolute Gasteiger partial charge is 0.478 e. The van der Waals surface area contributed by atoms with E-state index in [0.717, 1.165) is 6.07 Å². The molecule has 0 aromatic heterocycles. The third-order valence-electron chi connectivity index (χ3n) is 2.16. The molecule has 9 heteroatoms. The van der Waals surface area contributed by atoms with Crippen LogP contribution in [0, 0.1) is 5.41 Å². The van der Waals surface area contributed by atoms with Crippen LogP contribution < -0.4 is 5.32 Å². The zero-order valence-electron chi connectivity index (χ0n) is 9.71. The molecule has 3 N–H and O–H groups in total. The molecule has 20 heavy (non-hydrogen) atoms. The molecule has 0 atom stereocenters. The van der Waals surface area contributed by atoms with Gasteiger partial charge in [0.2, 0.25) is 5.91 Å². The number of carbonyl (C=O) groups is 2. The molecule has 5 nitrogen and oxygen atoms in total. The van der Waals surface area contributed by atoms with E-state index in [4.69, 9.17) is 22.1 Å². The summed E-state index contributed by atoms with van der Waals surface area (Å²) in [5.74, 6) is -2.42. The third kappa shape index (κ3) is 4.23. The second-order valence-electron chi connectivity index (χ2n) is 3.70. The van der Waals surface area contributed by atoms with Gasteiger partial charge in [0.05, 0.1) is 17.0 Å². The van der Waals surface area contributed by atoms with Crippen molar-refractivity contribution in [2.45, 2.75) is 12.6 Å². The van der Waals surface area contributed by atoms with Gasteiger partial charge >= 0.3 is 12.1 Å². The van der Waals surface area contributed by atoms with Gasteiger partial charge in [-0.05, 0) is 18.2 Å². The maximum Gasteiger partial charge on any atom is 0.429 e. The minimum Gasteiger partial charge on any atom is -0.478 e. The van der Waals surface area contributed by atoms with Gasteiger partial charge in [-0.15, -0.1) is 0 Å². The van der Waals surface area contributed by atoms with Gasteiger partial charge in [0.1, 0.15) is 5.71 Å². The summed E-state index contributed by atoms with van der Waals surface area (Å²) < 4.78 is 36.2. The summed E-state index contributed by atoms with van der Waals surface area (Å²) in [5, 5.41) is 17.5. The van der Waals surface area contributed by atoms with Gasteiger partial charge in [-0.25, -0.2) is 4.79 Å². The van der Waals surface area contributed by atoms with Crippen LogP contribution in [-0.2, 0) is 4.79 Å². The Balaban J connectivity index is 2.79. The number of nitrogens with one attached hydrogen (secondary N) is 2. The highest BCUT2D eigenvalue weighted by Crippen LogP contribution is 2.22. The molecule has 0 aliphatic carbocycles. The van der Waals surface area contributed by atoms with Crippen LogP contribution in [0.15, 0.2) is 18.2 Å². The summed E-state index contributed by atoms with van der Waals surface area (Å²) in [4.78, 5) is 22.1. The molecule has 0 aliphatic heterocycles. The first-order valence-electron chi connectivity index (χ1n) is 5.08. The average Bonchev–Trinajstić information content (AvgIpc) is 2.29. The molecule has 1 aromatic carbocycles. The summed E-state index contributed by atoms with van der Waals surface area (Å²) in [5.41, 5.74) is -2.01. The molecule has 0 heterocycles. The van der Waals surface area contributed by atoms with Gasteiger partial charge in [0, 0.05) is 5.69 Å². The van der Waals surface area contributed by atoms with Crippen LogP contribution in [-0.4, -0.2) is 28.9 Å². The highest BCUT2D eigenvalue weighted by molar-refractivity contribution is 6.33. The third-order valence-corrected chi connectivity index (χ3v) is 2.49. The van der Waals surface area contributed by atoms with Crippen LogP contribution in [0.1, 0.15) is 16.8 Å². The lowest BCUT2D eigenvalue weighted by atomic mass is 10.2. The lowest BCUT2D eigenvalue weighted by molar-refractivity contribution is -0.116. The smallest absolute Gasteiger partial charge is 0.429 e. The Bertz CT molecular complexity index is 573. The molecule has 0 fully saturated rings. The number of carboxylic acids is 1. The van der Waals surface area contributed by atoms with Gasteiger partial charge in [-0.2, -0.15) is 13.2 Å². The Kier molecular flexibility index (Phi) is 4.72. The van der Waals surface area contributed by atoms with Crippen molar-refractivity contribution in [2.24, 2.45) is 0 Å². The zero-order chi connectivity index (χ0) is 15.5. The number of rotatable bonds is 4. The molecule has 0 saturated carbocycles. The molecular weight excluding hydrogens is 301 g/mol. The van der Waals surface area contributed by atoms with Crippen LogP contribution in [0.5, 0.6) is 0 Å². The van der Waals surface area contributed by atoms with Crippen molar-refractivity contribution in [3.63, 3.8) is 0 Å². The van der Waals surface area contributed by atoms with Crippen molar-refractivity contribution in [3.8, 4) is 0 Å². The molecule has 1 amide bonds. The monoisotopic (exact) mass is 308 g/mol. The topological polar surface area (TPSA) is 90.3 Å². The fourth-order valence-electron chi connectivity index (χ4n) is 1.23. The standard InChI is InChI=1S/C11H8ClF3N2O3/c12-7-2-1-5(3-6(7)10(19)20)17-9(18)4-8(16)11(13,14)15/h1-3,16H,4H2,(H,17,18)(H,19,20).